The Kier molecular flexibility index (Phi) is 17.6. The van der Waals surface area contributed by atoms with Gasteiger partial charge in [0, 0.05) is 48.9 Å². The molecule has 1 heteroatoms. The van der Waals surface area contributed by atoms with Gasteiger partial charge in [-0.25, -0.2) is 0 Å². The van der Waals surface area contributed by atoms with E-state index in [1.54, 1.807) is 283 Å². The average molecular weight is 1070 g/mol. The van der Waals surface area contributed by atoms with Gasteiger partial charge in [0.2, 0.25) is 0 Å². The fourth-order valence-corrected chi connectivity index (χ4v) is 25.8. The molecule has 16 rings (SSSR count). The third-order valence-corrected chi connectivity index (χ3v) is 28.3. The van der Waals surface area contributed by atoms with Crippen LogP contribution in [0.25, 0.3) is 0 Å². The number of rotatable bonds is 0. The molecule has 0 aromatic rings. The molecule has 386 valence electrons. The fourth-order valence-electron chi connectivity index (χ4n) is 25.8. The van der Waals surface area contributed by atoms with E-state index in [0.29, 0.717) is 0 Å². The first kappa shape index (κ1) is 51.3. The van der Waals surface area contributed by atoms with Crippen molar-refractivity contribution in [2.45, 2.75) is 283 Å². The maximum atomic E-state index is 1.62. The van der Waals surface area contributed by atoms with E-state index >= 15 is 0 Å². The Morgan fingerprint density at radius 3 is 0.406 bits per heavy atom. The summed E-state index contributed by atoms with van der Waals surface area (Å²) in [7, 11) is 0. The Labute approximate surface area is 469 Å². The minimum atomic E-state index is 0. The molecular weight excluding hydrogens is 954 g/mol. The molecule has 16 saturated carbocycles. The summed E-state index contributed by atoms with van der Waals surface area (Å²) in [5, 5.41) is 0. The first-order valence-electron chi connectivity index (χ1n) is 33.7. The maximum absolute atomic E-state index is 1.62. The van der Waals surface area contributed by atoms with Gasteiger partial charge in [0.05, 0.1) is 0 Å². The van der Waals surface area contributed by atoms with Crippen molar-refractivity contribution in [3.05, 3.63) is 0 Å². The molecule has 16 aliphatic carbocycles. The van der Waals surface area contributed by atoms with Gasteiger partial charge in [0.15, 0.2) is 0 Å². The Balaban J connectivity index is 0.0000000947. The second kappa shape index (κ2) is 23.7. The molecule has 0 aliphatic heterocycles. The molecule has 0 N–H and O–H groups in total. The topological polar surface area (TPSA) is 0 Å². The summed E-state index contributed by atoms with van der Waals surface area (Å²) in [6.07, 6.45) is 69.9. The van der Waals surface area contributed by atoms with Gasteiger partial charge < -0.3 is 0 Å². The molecule has 69 heavy (non-hydrogen) atoms. The van der Waals surface area contributed by atoms with Gasteiger partial charge in [-0.15, -0.1) is 0 Å². The van der Waals surface area contributed by atoms with Crippen molar-refractivity contribution < 1.29 is 0 Å². The minimum Gasteiger partial charge on any atom is -0.0530 e. The van der Waals surface area contributed by atoms with Crippen molar-refractivity contribution in [1.82, 2.24) is 0 Å². The minimum absolute atomic E-state index is 0. The molecule has 16 aliphatic rings. The Morgan fingerprint density at radius 2 is 0.232 bits per heavy atom. The molecule has 0 bridgehead atoms. The third kappa shape index (κ3) is 10.5. The maximum Gasteiger partial charge on any atom is 0 e. The van der Waals surface area contributed by atoms with Crippen LogP contribution in [0.4, 0.5) is 0 Å². The summed E-state index contributed by atoms with van der Waals surface area (Å²) >= 11 is 0. The van der Waals surface area contributed by atoms with E-state index in [4.69, 9.17) is 0 Å². The molecule has 16 fully saturated rings. The Hall–Kier alpha value is 1.57. The summed E-state index contributed by atoms with van der Waals surface area (Å²) in [6, 6.07) is 0. The molecular formula is C68H112Ba. The van der Waals surface area contributed by atoms with E-state index in [2.05, 4.69) is 0 Å². The van der Waals surface area contributed by atoms with Gasteiger partial charge >= 0.3 is 0 Å². The van der Waals surface area contributed by atoms with Crippen molar-refractivity contribution in [3.8, 4) is 0 Å². The zero-order valence-corrected chi connectivity index (χ0v) is 50.1. The Morgan fingerprint density at radius 1 is 0.101 bits per heavy atom. The van der Waals surface area contributed by atoms with Crippen LogP contribution in [0.15, 0.2) is 0 Å². The molecule has 0 heterocycles. The summed E-state index contributed by atoms with van der Waals surface area (Å²) in [4.78, 5) is 0. The monoisotopic (exact) mass is 1070 g/mol. The van der Waals surface area contributed by atoms with Gasteiger partial charge in [-0.2, -0.15) is 0 Å². The smallest absolute Gasteiger partial charge is 0 e. The summed E-state index contributed by atoms with van der Waals surface area (Å²) in [6.45, 7) is 0. The molecule has 0 amide bonds. The van der Waals surface area contributed by atoms with Gasteiger partial charge in [0.25, 0.3) is 0 Å². The number of fused-ring (bicyclic) bond motifs is 20. The first-order chi connectivity index (χ1) is 33.7. The van der Waals surface area contributed by atoms with Crippen LogP contribution in [-0.2, 0) is 0 Å². The summed E-state index contributed by atoms with van der Waals surface area (Å²) in [5.74, 6) is 28.1. The van der Waals surface area contributed by atoms with Crippen LogP contribution in [0.1, 0.15) is 283 Å². The molecule has 2 radical (unpaired) electrons. The van der Waals surface area contributed by atoms with E-state index in [0.717, 1.165) is 47.3 Å². The molecule has 0 saturated heterocycles. The quantitative estimate of drug-likeness (QED) is 0.212. The van der Waals surface area contributed by atoms with Crippen molar-refractivity contribution in [2.24, 2.45) is 142 Å². The normalized spacial score (nSPS) is 52.9. The van der Waals surface area contributed by atoms with E-state index in [-0.39, 0.29) is 48.9 Å². The van der Waals surface area contributed by atoms with Gasteiger partial charge in [0.1, 0.15) is 0 Å². The fraction of sp³-hybridized carbons (Fsp3) is 1.00. The van der Waals surface area contributed by atoms with Crippen molar-refractivity contribution in [1.29, 1.82) is 0 Å². The Bertz CT molecular complexity index is 1370. The van der Waals surface area contributed by atoms with Crippen LogP contribution in [0, 0.1) is 142 Å². The van der Waals surface area contributed by atoms with Crippen molar-refractivity contribution in [3.63, 3.8) is 0 Å². The van der Waals surface area contributed by atoms with Crippen LogP contribution in [0.2, 0.25) is 0 Å². The van der Waals surface area contributed by atoms with E-state index in [9.17, 15) is 0 Å². The predicted octanol–water partition coefficient (Wildman–Crippen LogP) is 19.7. The molecule has 0 aromatic carbocycles. The standard InChI is InChI=1S/4C17H28.Ba/c4*1-2-6-14-12(4-1)8-10-17-15-7-3-5-13(15)9-11-16(14)17;/h4*12-17H,1-11H2;/t4*12?,13-,14-,15+,16+,17-;/m0000./s1. The molecule has 0 spiro atoms. The average Bonchev–Trinajstić information content (AvgIpc) is 4.27. The van der Waals surface area contributed by atoms with E-state index < -0.39 is 0 Å². The van der Waals surface area contributed by atoms with Gasteiger partial charge in [-0.05, 0) is 296 Å². The SMILES string of the molecule is C1CC[C@H]2C(C1)CC[C@H]1[C@@H]3CCC[C@H]3CC[C@@H]12.C1CC[C@H]2C(C1)CC[C@H]1[C@@H]3CCC[C@H]3CC[C@@H]12.C1CC[C@H]2C(C1)CC[C@H]1[C@@H]3CCC[C@H]3CC[C@@H]12.C1CC[C@H]2C(C1)CC[C@H]1[C@@H]3CCC[C@H]3CC[C@@H]12.[Ba]. The summed E-state index contributed by atoms with van der Waals surface area (Å²) in [5.41, 5.74) is 0. The molecule has 4 unspecified atom stereocenters. The first-order valence-corrected chi connectivity index (χ1v) is 33.7. The van der Waals surface area contributed by atoms with Gasteiger partial charge in [-0.1, -0.05) is 128 Å². The van der Waals surface area contributed by atoms with Gasteiger partial charge in [-0.3, -0.25) is 0 Å². The van der Waals surface area contributed by atoms with Crippen LogP contribution >= 0.6 is 0 Å². The largest absolute Gasteiger partial charge is 0.0530 e. The number of hydrogen-bond acceptors (Lipinski definition) is 0. The number of hydrogen-bond donors (Lipinski definition) is 0. The van der Waals surface area contributed by atoms with Crippen molar-refractivity contribution in [2.75, 3.05) is 0 Å². The predicted molar refractivity (Wildman–Crippen MR) is 293 cm³/mol. The zero-order valence-electron chi connectivity index (χ0n) is 45.7. The van der Waals surface area contributed by atoms with Crippen LogP contribution < -0.4 is 0 Å². The molecule has 0 nitrogen and oxygen atoms in total. The van der Waals surface area contributed by atoms with Crippen molar-refractivity contribution >= 4 is 48.9 Å². The molecule has 0 aromatic heterocycles. The van der Waals surface area contributed by atoms with Crippen LogP contribution in [0.3, 0.4) is 0 Å². The zero-order chi connectivity index (χ0) is 45.0. The third-order valence-electron chi connectivity index (χ3n) is 28.3. The van der Waals surface area contributed by atoms with Crippen LogP contribution in [-0.4, -0.2) is 48.9 Å². The van der Waals surface area contributed by atoms with E-state index in [1.807, 2.05) is 0 Å². The molecule has 24 atom stereocenters. The second-order valence-corrected chi connectivity index (χ2v) is 30.2. The van der Waals surface area contributed by atoms with Crippen LogP contribution in [0.5, 0.6) is 0 Å². The summed E-state index contributed by atoms with van der Waals surface area (Å²) < 4.78 is 0. The van der Waals surface area contributed by atoms with E-state index in [1.165, 1.54) is 94.7 Å². The second-order valence-electron chi connectivity index (χ2n) is 30.2.